The minimum absolute atomic E-state index is 0.214. The van der Waals surface area contributed by atoms with Crippen molar-refractivity contribution >= 4 is 18.1 Å². The standard InChI is InChI=1S/C7H9OPS/c1-3-7-4-5-9(10,6-7)8-2/h1,4-5,7H,6H2,2H3. The molecule has 1 aliphatic heterocycles. The van der Waals surface area contributed by atoms with Crippen molar-refractivity contribution in [1.29, 1.82) is 0 Å². The molecular formula is C7H9OPS. The van der Waals surface area contributed by atoms with Crippen LogP contribution >= 0.6 is 6.26 Å². The predicted molar refractivity (Wildman–Crippen MR) is 47.6 cm³/mol. The fourth-order valence-electron chi connectivity index (χ4n) is 0.875. The molecule has 0 aliphatic carbocycles. The van der Waals surface area contributed by atoms with E-state index in [1.807, 2.05) is 11.9 Å². The lowest BCUT2D eigenvalue weighted by molar-refractivity contribution is 0.465. The van der Waals surface area contributed by atoms with Gasteiger partial charge in [0, 0.05) is 19.2 Å². The maximum Gasteiger partial charge on any atom is 0.0887 e. The number of hydrogen-bond acceptors (Lipinski definition) is 2. The van der Waals surface area contributed by atoms with Crippen molar-refractivity contribution in [3.63, 3.8) is 0 Å². The molecule has 0 amide bonds. The molecular weight excluding hydrogens is 163 g/mol. The molecule has 0 saturated carbocycles. The Morgan fingerprint density at radius 3 is 2.90 bits per heavy atom. The van der Waals surface area contributed by atoms with Crippen LogP contribution in [-0.2, 0) is 16.3 Å². The second kappa shape index (κ2) is 2.88. The molecule has 1 nitrogen and oxygen atoms in total. The van der Waals surface area contributed by atoms with Crippen LogP contribution < -0.4 is 0 Å². The summed E-state index contributed by atoms with van der Waals surface area (Å²) in [5.74, 6) is 4.83. The van der Waals surface area contributed by atoms with E-state index in [0.29, 0.717) is 0 Å². The summed E-state index contributed by atoms with van der Waals surface area (Å²) in [7, 11) is 1.66. The van der Waals surface area contributed by atoms with Gasteiger partial charge in [-0.1, -0.05) is 23.8 Å². The van der Waals surface area contributed by atoms with Crippen LogP contribution in [0.25, 0.3) is 0 Å². The zero-order valence-electron chi connectivity index (χ0n) is 5.78. The molecule has 0 aromatic rings. The Morgan fingerprint density at radius 2 is 2.60 bits per heavy atom. The smallest absolute Gasteiger partial charge is 0.0887 e. The van der Waals surface area contributed by atoms with Crippen LogP contribution in [-0.4, -0.2) is 13.3 Å². The maximum atomic E-state index is 5.22. The zero-order valence-corrected chi connectivity index (χ0v) is 7.49. The van der Waals surface area contributed by atoms with Gasteiger partial charge in [0.15, 0.2) is 0 Å². The van der Waals surface area contributed by atoms with E-state index in [2.05, 4.69) is 5.92 Å². The molecule has 10 heavy (non-hydrogen) atoms. The number of hydrogen-bond donors (Lipinski definition) is 0. The Kier molecular flexibility index (Phi) is 2.31. The molecule has 1 aliphatic rings. The van der Waals surface area contributed by atoms with Crippen LogP contribution in [0.15, 0.2) is 11.9 Å². The first kappa shape index (κ1) is 8.01. The van der Waals surface area contributed by atoms with Crippen molar-refractivity contribution in [1.82, 2.24) is 0 Å². The summed E-state index contributed by atoms with van der Waals surface area (Å²) >= 11 is 5.22. The van der Waals surface area contributed by atoms with Gasteiger partial charge in [-0.2, -0.15) is 0 Å². The van der Waals surface area contributed by atoms with E-state index in [9.17, 15) is 0 Å². The van der Waals surface area contributed by atoms with Gasteiger partial charge >= 0.3 is 0 Å². The summed E-state index contributed by atoms with van der Waals surface area (Å²) in [6, 6.07) is 0. The van der Waals surface area contributed by atoms with Crippen LogP contribution in [0, 0.1) is 18.3 Å². The first-order valence-corrected chi connectivity index (χ1v) is 5.97. The third-order valence-corrected chi connectivity index (χ3v) is 4.93. The van der Waals surface area contributed by atoms with Crippen molar-refractivity contribution in [3.05, 3.63) is 11.9 Å². The summed E-state index contributed by atoms with van der Waals surface area (Å²) in [6.45, 7) is 0. The quantitative estimate of drug-likeness (QED) is 0.440. The second-order valence-electron chi connectivity index (χ2n) is 2.21. The van der Waals surface area contributed by atoms with E-state index in [4.69, 9.17) is 22.8 Å². The Balaban J connectivity index is 2.71. The first-order valence-electron chi connectivity index (χ1n) is 3.00. The van der Waals surface area contributed by atoms with Crippen LogP contribution in [0.4, 0.5) is 0 Å². The Bertz CT molecular complexity index is 238. The van der Waals surface area contributed by atoms with E-state index in [-0.39, 0.29) is 5.92 Å². The van der Waals surface area contributed by atoms with Crippen LogP contribution in [0.5, 0.6) is 0 Å². The molecule has 2 atom stereocenters. The van der Waals surface area contributed by atoms with Gasteiger partial charge in [-0.15, -0.1) is 6.42 Å². The molecule has 0 fully saturated rings. The molecule has 0 bridgehead atoms. The fraction of sp³-hybridized carbons (Fsp3) is 0.429. The third-order valence-electron chi connectivity index (χ3n) is 1.52. The molecule has 1 rings (SSSR count). The van der Waals surface area contributed by atoms with Gasteiger partial charge < -0.3 is 4.52 Å². The highest BCUT2D eigenvalue weighted by Gasteiger charge is 2.22. The van der Waals surface area contributed by atoms with Crippen LogP contribution in [0.1, 0.15) is 0 Å². The van der Waals surface area contributed by atoms with Gasteiger partial charge in [0.05, 0.1) is 6.26 Å². The molecule has 1 heterocycles. The molecule has 54 valence electrons. The Morgan fingerprint density at radius 1 is 1.90 bits per heavy atom. The summed E-state index contributed by atoms with van der Waals surface area (Å²) in [6.07, 6.45) is 6.43. The summed E-state index contributed by atoms with van der Waals surface area (Å²) in [4.78, 5) is 0. The van der Waals surface area contributed by atoms with E-state index < -0.39 is 6.26 Å². The minimum Gasteiger partial charge on any atom is -0.350 e. The van der Waals surface area contributed by atoms with Crippen LogP contribution in [0.3, 0.4) is 0 Å². The maximum absolute atomic E-state index is 5.22. The summed E-state index contributed by atoms with van der Waals surface area (Å²) in [5, 5.41) is 0. The lowest BCUT2D eigenvalue weighted by atomic mass is 10.2. The largest absolute Gasteiger partial charge is 0.350 e. The van der Waals surface area contributed by atoms with Gasteiger partial charge in [-0.05, 0) is 5.82 Å². The lowest BCUT2D eigenvalue weighted by Crippen LogP contribution is -1.93. The number of allylic oxidation sites excluding steroid dienone is 1. The molecule has 0 saturated heterocycles. The minimum atomic E-state index is -1.61. The van der Waals surface area contributed by atoms with Crippen molar-refractivity contribution in [2.24, 2.45) is 5.92 Å². The van der Waals surface area contributed by atoms with Gasteiger partial charge in [-0.25, -0.2) is 0 Å². The van der Waals surface area contributed by atoms with Gasteiger partial charge in [-0.3, -0.25) is 0 Å². The number of rotatable bonds is 1. The average molecular weight is 172 g/mol. The monoisotopic (exact) mass is 172 g/mol. The van der Waals surface area contributed by atoms with E-state index in [0.717, 1.165) is 6.16 Å². The van der Waals surface area contributed by atoms with Crippen LogP contribution in [0.2, 0.25) is 0 Å². The summed E-state index contributed by atoms with van der Waals surface area (Å²) in [5.41, 5.74) is 0. The highest BCUT2D eigenvalue weighted by Crippen LogP contribution is 2.53. The van der Waals surface area contributed by atoms with Crippen molar-refractivity contribution in [2.45, 2.75) is 0 Å². The highest BCUT2D eigenvalue weighted by atomic mass is 32.4. The Labute approximate surface area is 66.6 Å². The SMILES string of the molecule is C#CC1C=CP(=S)(OC)C1. The van der Waals surface area contributed by atoms with E-state index in [1.165, 1.54) is 0 Å². The summed E-state index contributed by atoms with van der Waals surface area (Å²) < 4.78 is 5.17. The topological polar surface area (TPSA) is 9.23 Å². The molecule has 2 unspecified atom stereocenters. The molecule has 3 heteroatoms. The van der Waals surface area contributed by atoms with Gasteiger partial charge in [0.1, 0.15) is 0 Å². The lowest BCUT2D eigenvalue weighted by Gasteiger charge is -2.10. The predicted octanol–water partition coefficient (Wildman–Crippen LogP) is 1.80. The second-order valence-corrected chi connectivity index (χ2v) is 6.54. The Hall–Kier alpha value is -0.0900. The first-order chi connectivity index (χ1) is 4.70. The zero-order chi connectivity index (χ0) is 7.61. The van der Waals surface area contributed by atoms with Gasteiger partial charge in [0.25, 0.3) is 0 Å². The van der Waals surface area contributed by atoms with E-state index >= 15 is 0 Å². The molecule has 0 radical (unpaired) electrons. The van der Waals surface area contributed by atoms with Crippen molar-refractivity contribution in [3.8, 4) is 12.3 Å². The third kappa shape index (κ3) is 1.49. The van der Waals surface area contributed by atoms with Crippen molar-refractivity contribution in [2.75, 3.05) is 13.3 Å². The van der Waals surface area contributed by atoms with Gasteiger partial charge in [0.2, 0.25) is 0 Å². The molecule has 0 N–H and O–H groups in total. The average Bonchev–Trinajstić information content (AvgIpc) is 2.33. The molecule has 0 aromatic heterocycles. The van der Waals surface area contributed by atoms with E-state index in [1.54, 1.807) is 7.11 Å². The molecule has 0 spiro atoms. The number of terminal acetylenes is 1. The molecule has 0 aromatic carbocycles. The van der Waals surface area contributed by atoms with Crippen molar-refractivity contribution < 1.29 is 4.52 Å². The normalized spacial score (nSPS) is 37.8. The fourth-order valence-corrected chi connectivity index (χ4v) is 3.21. The highest BCUT2D eigenvalue weighted by molar-refractivity contribution is 8.13.